The molecule has 1 aliphatic carbocycles. The van der Waals surface area contributed by atoms with Gasteiger partial charge in [-0.3, -0.25) is 9.59 Å². The van der Waals surface area contributed by atoms with Gasteiger partial charge in [0.25, 0.3) is 0 Å². The van der Waals surface area contributed by atoms with Gasteiger partial charge in [0, 0.05) is 51.3 Å². The lowest BCUT2D eigenvalue weighted by Crippen LogP contribution is -2.46. The van der Waals surface area contributed by atoms with Crippen molar-refractivity contribution in [2.75, 3.05) is 45.5 Å². The molecule has 1 saturated carbocycles. The summed E-state index contributed by atoms with van der Waals surface area (Å²) in [5.41, 5.74) is 2.02. The zero-order chi connectivity index (χ0) is 29.3. The quantitative estimate of drug-likeness (QED) is 0.405. The van der Waals surface area contributed by atoms with Gasteiger partial charge in [-0.1, -0.05) is 55.3 Å². The summed E-state index contributed by atoms with van der Waals surface area (Å²) in [4.78, 5) is 33.9. The normalized spacial score (nSPS) is 24.5. The van der Waals surface area contributed by atoms with Crippen LogP contribution in [0.3, 0.4) is 0 Å². The number of piperidine rings is 1. The molecule has 7 nitrogen and oxygen atoms in total. The number of carbonyl (C=O) groups excluding carboxylic acids is 2. The van der Waals surface area contributed by atoms with Crippen molar-refractivity contribution in [3.8, 4) is 0 Å². The van der Waals surface area contributed by atoms with Crippen molar-refractivity contribution in [3.63, 3.8) is 0 Å². The number of nitrogens with zero attached hydrogens (tertiary/aromatic N) is 3. The summed E-state index contributed by atoms with van der Waals surface area (Å²) >= 11 is 0. The minimum atomic E-state index is -3.23. The van der Waals surface area contributed by atoms with Crippen LogP contribution in [-0.4, -0.2) is 80.5 Å². The van der Waals surface area contributed by atoms with Crippen molar-refractivity contribution in [2.45, 2.75) is 68.7 Å². The molecule has 3 heterocycles. The molecule has 4 fully saturated rings. The van der Waals surface area contributed by atoms with Gasteiger partial charge in [0.05, 0.1) is 10.3 Å². The van der Waals surface area contributed by atoms with Gasteiger partial charge in [0.2, 0.25) is 11.8 Å². The Morgan fingerprint density at radius 2 is 1.56 bits per heavy atom. The monoisotopic (exact) mass is 627 g/mol. The fraction of sp³-hybridized carbons (Fsp3) is 0.588. The van der Waals surface area contributed by atoms with E-state index >= 15 is 0 Å². The van der Waals surface area contributed by atoms with E-state index in [-0.39, 0.29) is 23.7 Å². The Hall–Kier alpha value is -2.42. The highest BCUT2D eigenvalue weighted by atomic mass is 35.5. The van der Waals surface area contributed by atoms with E-state index in [1.165, 1.54) is 37.5 Å². The number of hydrogen-bond acceptors (Lipinski definition) is 5. The van der Waals surface area contributed by atoms with Crippen LogP contribution in [0.25, 0.3) is 0 Å². The number of rotatable bonds is 8. The van der Waals surface area contributed by atoms with E-state index < -0.39 is 9.84 Å². The van der Waals surface area contributed by atoms with Crippen molar-refractivity contribution in [1.29, 1.82) is 0 Å². The van der Waals surface area contributed by atoms with Crippen LogP contribution in [0.5, 0.6) is 0 Å². The minimum absolute atomic E-state index is 0. The number of carbonyl (C=O) groups is 2. The molecule has 43 heavy (non-hydrogen) atoms. The van der Waals surface area contributed by atoms with Crippen LogP contribution in [0.4, 0.5) is 0 Å². The Kier molecular flexibility index (Phi) is 9.89. The van der Waals surface area contributed by atoms with Crippen molar-refractivity contribution >= 4 is 34.1 Å². The van der Waals surface area contributed by atoms with Crippen molar-refractivity contribution in [3.05, 3.63) is 65.7 Å². The van der Waals surface area contributed by atoms with Crippen LogP contribution in [-0.2, 0) is 26.0 Å². The van der Waals surface area contributed by atoms with Crippen molar-refractivity contribution in [2.24, 2.45) is 17.3 Å². The molecule has 3 aliphatic heterocycles. The van der Waals surface area contributed by atoms with Gasteiger partial charge in [0.15, 0.2) is 9.84 Å². The van der Waals surface area contributed by atoms with Crippen LogP contribution in [0.1, 0.15) is 68.4 Å². The second-order valence-corrected chi connectivity index (χ2v) is 15.4. The molecule has 0 aromatic heterocycles. The van der Waals surface area contributed by atoms with Gasteiger partial charge in [-0.05, 0) is 80.3 Å². The van der Waals surface area contributed by atoms with Gasteiger partial charge < -0.3 is 14.7 Å². The van der Waals surface area contributed by atoms with Crippen molar-refractivity contribution in [1.82, 2.24) is 14.7 Å². The molecule has 0 unspecified atom stereocenters. The predicted octanol–water partition coefficient (Wildman–Crippen LogP) is 5.15. The standard InChI is InChI=1S/C34H45N3O4S.ClH/c1-42(40,41)30-13-11-27(12-14-30)22-36-20-17-34(33(36)39)15-18-35(19-16-34)23-29-24-37(32(38)21-26-7-5-6-8-26)25-31(29)28-9-3-2-4-10-28;/h2-4,9-14,26,29,31H,5-8,15-25H2,1H3;1H/t29-,31+;/m0./s1. The molecule has 2 aromatic rings. The molecule has 1 spiro atoms. The van der Waals surface area contributed by atoms with E-state index in [4.69, 9.17) is 0 Å². The predicted molar refractivity (Wildman–Crippen MR) is 171 cm³/mol. The lowest BCUT2D eigenvalue weighted by Gasteiger charge is -2.39. The number of benzene rings is 2. The third kappa shape index (κ3) is 7.12. The zero-order valence-electron chi connectivity index (χ0n) is 25.3. The van der Waals surface area contributed by atoms with Gasteiger partial charge >= 0.3 is 0 Å². The van der Waals surface area contributed by atoms with Crippen LogP contribution >= 0.6 is 12.4 Å². The summed E-state index contributed by atoms with van der Waals surface area (Å²) < 4.78 is 23.6. The van der Waals surface area contributed by atoms with Gasteiger partial charge in [-0.25, -0.2) is 8.42 Å². The van der Waals surface area contributed by atoms with Crippen LogP contribution in [0.2, 0.25) is 0 Å². The molecule has 2 aromatic carbocycles. The highest BCUT2D eigenvalue weighted by Crippen LogP contribution is 2.43. The molecule has 0 bridgehead atoms. The fourth-order valence-corrected chi connectivity index (χ4v) is 8.62. The number of sulfone groups is 1. The Balaban J connectivity index is 0.00000368. The largest absolute Gasteiger partial charge is 0.342 e. The Morgan fingerprint density at radius 1 is 0.907 bits per heavy atom. The maximum atomic E-state index is 13.6. The first-order valence-corrected chi connectivity index (χ1v) is 17.7. The summed E-state index contributed by atoms with van der Waals surface area (Å²) in [6, 6.07) is 17.6. The number of halogens is 1. The summed E-state index contributed by atoms with van der Waals surface area (Å²) in [5, 5.41) is 0. The summed E-state index contributed by atoms with van der Waals surface area (Å²) in [7, 11) is -3.23. The maximum absolute atomic E-state index is 13.6. The van der Waals surface area contributed by atoms with E-state index in [2.05, 4.69) is 40.1 Å². The van der Waals surface area contributed by atoms with Crippen molar-refractivity contribution < 1.29 is 18.0 Å². The number of hydrogen-bond donors (Lipinski definition) is 0. The Morgan fingerprint density at radius 3 is 2.21 bits per heavy atom. The van der Waals surface area contributed by atoms with E-state index in [0.29, 0.717) is 41.5 Å². The maximum Gasteiger partial charge on any atom is 0.229 e. The molecule has 234 valence electrons. The highest BCUT2D eigenvalue weighted by molar-refractivity contribution is 7.90. The van der Waals surface area contributed by atoms with E-state index in [1.807, 2.05) is 17.0 Å². The minimum Gasteiger partial charge on any atom is -0.342 e. The second kappa shape index (κ2) is 13.3. The molecule has 9 heteroatoms. The van der Waals surface area contributed by atoms with E-state index in [1.54, 1.807) is 12.1 Å². The molecule has 0 N–H and O–H groups in total. The van der Waals surface area contributed by atoms with E-state index in [0.717, 1.165) is 64.1 Å². The van der Waals surface area contributed by atoms with Gasteiger partial charge in [-0.15, -0.1) is 12.4 Å². The third-order valence-electron chi connectivity index (χ3n) is 10.6. The highest BCUT2D eigenvalue weighted by Gasteiger charge is 2.48. The average Bonchev–Trinajstić information content (AvgIpc) is 3.72. The smallest absolute Gasteiger partial charge is 0.229 e. The summed E-state index contributed by atoms with van der Waals surface area (Å²) in [6.07, 6.45) is 9.50. The Bertz CT molecular complexity index is 1370. The fourth-order valence-electron chi connectivity index (χ4n) is 7.99. The SMILES string of the molecule is CS(=O)(=O)c1ccc(CN2CCC3(CCN(C[C@H]4CN(C(=O)CC5CCCC5)C[C@@H]4c4ccccc4)CC3)C2=O)cc1.Cl. The lowest BCUT2D eigenvalue weighted by atomic mass is 9.76. The molecule has 0 radical (unpaired) electrons. The molecule has 4 aliphatic rings. The van der Waals surface area contributed by atoms with Crippen LogP contribution in [0, 0.1) is 17.3 Å². The molecular formula is C34H46ClN3O4S. The second-order valence-electron chi connectivity index (χ2n) is 13.4. The summed E-state index contributed by atoms with van der Waals surface area (Å²) in [5.74, 6) is 1.92. The van der Waals surface area contributed by atoms with Crippen LogP contribution < -0.4 is 0 Å². The average molecular weight is 628 g/mol. The zero-order valence-corrected chi connectivity index (χ0v) is 27.0. The first kappa shape index (κ1) is 32.0. The topological polar surface area (TPSA) is 78.0 Å². The molecule has 2 atom stereocenters. The lowest BCUT2D eigenvalue weighted by molar-refractivity contribution is -0.139. The van der Waals surface area contributed by atoms with E-state index in [9.17, 15) is 18.0 Å². The molecule has 3 saturated heterocycles. The first-order valence-electron chi connectivity index (χ1n) is 15.8. The number of likely N-dealkylation sites (tertiary alicyclic amines) is 3. The molecular weight excluding hydrogens is 582 g/mol. The van der Waals surface area contributed by atoms with Gasteiger partial charge in [-0.2, -0.15) is 0 Å². The van der Waals surface area contributed by atoms with Crippen LogP contribution in [0.15, 0.2) is 59.5 Å². The van der Waals surface area contributed by atoms with Gasteiger partial charge in [0.1, 0.15) is 0 Å². The summed E-state index contributed by atoms with van der Waals surface area (Å²) in [6.45, 7) is 5.72. The molecule has 6 rings (SSSR count). The number of amides is 2. The first-order chi connectivity index (χ1) is 20.2. The molecule has 2 amide bonds. The Labute approximate surface area is 263 Å². The third-order valence-corrected chi connectivity index (χ3v) is 11.7.